The number of carbonyl (C=O) groups is 1. The number of rotatable bonds is 4. The third-order valence-electron chi connectivity index (χ3n) is 5.37. The van der Waals surface area contributed by atoms with Gasteiger partial charge in [-0.1, -0.05) is 43.0 Å². The smallest absolute Gasteiger partial charge is 0.256 e. The summed E-state index contributed by atoms with van der Waals surface area (Å²) in [6.45, 7) is 2.18. The maximum atomic E-state index is 13.0. The Balaban J connectivity index is 0.00000264. The van der Waals surface area contributed by atoms with Crippen LogP contribution in [0.15, 0.2) is 24.3 Å². The Bertz CT molecular complexity index is 530. The van der Waals surface area contributed by atoms with Crippen LogP contribution in [0.3, 0.4) is 0 Å². The van der Waals surface area contributed by atoms with Crippen molar-refractivity contribution in [2.24, 2.45) is 5.92 Å². The van der Waals surface area contributed by atoms with Crippen LogP contribution in [0.1, 0.15) is 49.4 Å². The fourth-order valence-corrected chi connectivity index (χ4v) is 3.83. The first-order valence-corrected chi connectivity index (χ1v) is 8.47. The molecule has 1 atom stereocenters. The van der Waals surface area contributed by atoms with Gasteiger partial charge < -0.3 is 4.90 Å². The molecule has 0 saturated heterocycles. The van der Waals surface area contributed by atoms with Gasteiger partial charge in [-0.05, 0) is 51.9 Å². The maximum absolute atomic E-state index is 13.0. The average molecular weight is 359 g/mol. The van der Waals surface area contributed by atoms with Gasteiger partial charge in [0.15, 0.2) is 0 Å². The summed E-state index contributed by atoms with van der Waals surface area (Å²) < 4.78 is 0. The maximum Gasteiger partial charge on any atom is 0.256 e. The standard InChI is InChI=1S/C18H27ClN2O.ClH/c1-18(20(2)3,14-10-6-5-7-11-14)21(4)17(22)15-12-8-9-13-16(15)19;/h8-9,12-14H,5-7,10-11H2,1-4H3;1H. The quantitative estimate of drug-likeness (QED) is 0.728. The van der Waals surface area contributed by atoms with Crippen LogP contribution in [0, 0.1) is 5.92 Å². The minimum atomic E-state index is -0.295. The first-order chi connectivity index (χ1) is 10.4. The van der Waals surface area contributed by atoms with E-state index in [2.05, 4.69) is 25.9 Å². The number of hydrogen-bond donors (Lipinski definition) is 0. The van der Waals surface area contributed by atoms with Crippen molar-refractivity contribution < 1.29 is 4.79 Å². The summed E-state index contributed by atoms with van der Waals surface area (Å²) in [6.07, 6.45) is 6.16. The van der Waals surface area contributed by atoms with Gasteiger partial charge in [0.05, 0.1) is 16.2 Å². The topological polar surface area (TPSA) is 23.6 Å². The number of benzene rings is 1. The highest BCUT2D eigenvalue weighted by Gasteiger charge is 2.42. The summed E-state index contributed by atoms with van der Waals surface area (Å²) in [4.78, 5) is 17.0. The predicted molar refractivity (Wildman–Crippen MR) is 99.5 cm³/mol. The van der Waals surface area contributed by atoms with Crippen LogP contribution in [-0.2, 0) is 0 Å². The molecule has 0 radical (unpaired) electrons. The zero-order valence-corrected chi connectivity index (χ0v) is 16.1. The molecule has 23 heavy (non-hydrogen) atoms. The third-order valence-corrected chi connectivity index (χ3v) is 5.70. The number of halogens is 2. The Labute approximate surface area is 151 Å². The Kier molecular flexibility index (Phi) is 7.37. The van der Waals surface area contributed by atoms with Crippen molar-refractivity contribution >= 4 is 29.9 Å². The van der Waals surface area contributed by atoms with Gasteiger partial charge >= 0.3 is 0 Å². The molecule has 1 saturated carbocycles. The first kappa shape index (κ1) is 20.3. The second-order valence-corrected chi connectivity index (χ2v) is 7.07. The summed E-state index contributed by atoms with van der Waals surface area (Å²) >= 11 is 6.22. The molecule has 1 aromatic rings. The summed E-state index contributed by atoms with van der Waals surface area (Å²) in [5.74, 6) is 0.486. The van der Waals surface area contributed by atoms with E-state index >= 15 is 0 Å². The van der Waals surface area contributed by atoms with Crippen LogP contribution in [0.5, 0.6) is 0 Å². The van der Waals surface area contributed by atoms with Crippen LogP contribution in [0.4, 0.5) is 0 Å². The Morgan fingerprint density at radius 1 is 1.13 bits per heavy atom. The molecule has 1 fully saturated rings. The van der Waals surface area contributed by atoms with Crippen LogP contribution < -0.4 is 0 Å². The van der Waals surface area contributed by atoms with Crippen LogP contribution in [0.25, 0.3) is 0 Å². The minimum absolute atomic E-state index is 0. The fraction of sp³-hybridized carbons (Fsp3) is 0.611. The van der Waals surface area contributed by atoms with E-state index in [0.29, 0.717) is 16.5 Å². The molecule has 3 nitrogen and oxygen atoms in total. The molecule has 0 heterocycles. The van der Waals surface area contributed by atoms with Crippen LogP contribution >= 0.6 is 24.0 Å². The fourth-order valence-electron chi connectivity index (χ4n) is 3.61. The normalized spacial score (nSPS) is 18.2. The minimum Gasteiger partial charge on any atom is -0.323 e. The van der Waals surface area contributed by atoms with E-state index in [1.807, 2.05) is 24.1 Å². The van der Waals surface area contributed by atoms with Gasteiger partial charge in [-0.25, -0.2) is 0 Å². The zero-order chi connectivity index (χ0) is 16.3. The molecule has 1 aromatic carbocycles. The molecular formula is C18H28Cl2N2O. The first-order valence-electron chi connectivity index (χ1n) is 8.09. The number of nitrogens with zero attached hydrogens (tertiary/aromatic N) is 2. The van der Waals surface area contributed by atoms with Crippen molar-refractivity contribution in [1.29, 1.82) is 0 Å². The Morgan fingerprint density at radius 3 is 2.22 bits per heavy atom. The van der Waals surface area contributed by atoms with Gasteiger partial charge in [-0.2, -0.15) is 0 Å². The molecule has 130 valence electrons. The predicted octanol–water partition coefficient (Wildman–Crippen LogP) is 4.69. The van der Waals surface area contributed by atoms with Gasteiger partial charge in [-0.15, -0.1) is 12.4 Å². The van der Waals surface area contributed by atoms with Crippen molar-refractivity contribution in [3.63, 3.8) is 0 Å². The number of carbonyl (C=O) groups excluding carboxylic acids is 1. The largest absolute Gasteiger partial charge is 0.323 e. The highest BCUT2D eigenvalue weighted by Crippen LogP contribution is 2.38. The van der Waals surface area contributed by atoms with Crippen molar-refractivity contribution in [3.05, 3.63) is 34.9 Å². The van der Waals surface area contributed by atoms with E-state index in [1.165, 1.54) is 32.1 Å². The second-order valence-electron chi connectivity index (χ2n) is 6.67. The number of hydrogen-bond acceptors (Lipinski definition) is 2. The average Bonchev–Trinajstić information content (AvgIpc) is 2.53. The molecular weight excluding hydrogens is 331 g/mol. The van der Waals surface area contributed by atoms with Gasteiger partial charge in [0.2, 0.25) is 0 Å². The lowest BCUT2D eigenvalue weighted by molar-refractivity contribution is -0.0443. The van der Waals surface area contributed by atoms with E-state index in [4.69, 9.17) is 11.6 Å². The van der Waals surface area contributed by atoms with Crippen molar-refractivity contribution in [2.45, 2.75) is 44.7 Å². The molecule has 1 aliphatic carbocycles. The molecule has 5 heteroatoms. The molecule has 0 spiro atoms. The van der Waals surface area contributed by atoms with Crippen LogP contribution in [-0.4, -0.2) is 42.5 Å². The lowest BCUT2D eigenvalue weighted by atomic mass is 9.79. The highest BCUT2D eigenvalue weighted by atomic mass is 35.5. The zero-order valence-electron chi connectivity index (χ0n) is 14.5. The van der Waals surface area contributed by atoms with Crippen molar-refractivity contribution in [3.8, 4) is 0 Å². The van der Waals surface area contributed by atoms with Gasteiger partial charge in [-0.3, -0.25) is 9.69 Å². The molecule has 0 aromatic heterocycles. The summed E-state index contributed by atoms with van der Waals surface area (Å²) in [7, 11) is 6.02. The summed E-state index contributed by atoms with van der Waals surface area (Å²) in [5.41, 5.74) is 0.284. The lowest BCUT2D eigenvalue weighted by Gasteiger charge is -2.50. The highest BCUT2D eigenvalue weighted by molar-refractivity contribution is 6.33. The van der Waals surface area contributed by atoms with E-state index in [9.17, 15) is 4.79 Å². The second kappa shape index (κ2) is 8.36. The summed E-state index contributed by atoms with van der Waals surface area (Å²) in [5, 5.41) is 0.518. The van der Waals surface area contributed by atoms with E-state index < -0.39 is 0 Å². The number of amides is 1. The molecule has 1 aliphatic rings. The van der Waals surface area contributed by atoms with Crippen molar-refractivity contribution in [2.75, 3.05) is 21.1 Å². The molecule has 0 bridgehead atoms. The molecule has 0 N–H and O–H groups in total. The van der Waals surface area contributed by atoms with E-state index in [1.54, 1.807) is 12.1 Å². The molecule has 1 unspecified atom stereocenters. The van der Waals surface area contributed by atoms with Gasteiger partial charge in [0.25, 0.3) is 5.91 Å². The third kappa shape index (κ3) is 4.01. The van der Waals surface area contributed by atoms with Gasteiger partial charge in [0.1, 0.15) is 0 Å². The SMILES string of the molecule is CN(C)C(C)(C1CCCCC1)N(C)C(=O)c1ccccc1Cl.Cl. The van der Waals surface area contributed by atoms with Gasteiger partial charge in [0, 0.05) is 7.05 Å². The molecule has 1 amide bonds. The monoisotopic (exact) mass is 358 g/mol. The summed E-state index contributed by atoms with van der Waals surface area (Å²) in [6, 6.07) is 7.29. The van der Waals surface area contributed by atoms with E-state index in [-0.39, 0.29) is 24.0 Å². The lowest BCUT2D eigenvalue weighted by Crippen LogP contribution is -2.61. The van der Waals surface area contributed by atoms with Crippen LogP contribution in [0.2, 0.25) is 5.02 Å². The molecule has 2 rings (SSSR count). The van der Waals surface area contributed by atoms with Crippen molar-refractivity contribution in [1.82, 2.24) is 9.80 Å². The molecule has 0 aliphatic heterocycles. The van der Waals surface area contributed by atoms with E-state index in [0.717, 1.165) is 0 Å². The Morgan fingerprint density at radius 2 is 1.70 bits per heavy atom. The Hall–Kier alpha value is -0.770.